The average Bonchev–Trinajstić information content (AvgIpc) is 3.00. The number of aromatic nitrogens is 2. The maximum absolute atomic E-state index is 12.3. The highest BCUT2D eigenvalue weighted by atomic mass is 16.6. The Bertz CT molecular complexity index is 968. The van der Waals surface area contributed by atoms with Crippen LogP contribution in [0.1, 0.15) is 43.4 Å². The van der Waals surface area contributed by atoms with Gasteiger partial charge in [0.05, 0.1) is 35.8 Å². The molecule has 3 heterocycles. The van der Waals surface area contributed by atoms with Crippen molar-refractivity contribution in [3.63, 3.8) is 0 Å². The number of rotatable bonds is 5. The van der Waals surface area contributed by atoms with Gasteiger partial charge in [-0.15, -0.1) is 0 Å². The van der Waals surface area contributed by atoms with Crippen LogP contribution in [0.25, 0.3) is 11.0 Å². The fraction of sp³-hybridized carbons (Fsp3) is 0.591. The molecule has 9 nitrogen and oxygen atoms in total. The molecule has 4 rings (SSSR count). The summed E-state index contributed by atoms with van der Waals surface area (Å²) < 4.78 is 13.2. The van der Waals surface area contributed by atoms with Crippen LogP contribution in [0.5, 0.6) is 0 Å². The van der Waals surface area contributed by atoms with E-state index in [1.54, 1.807) is 23.1 Å². The van der Waals surface area contributed by atoms with Gasteiger partial charge in [0.15, 0.2) is 0 Å². The maximum Gasteiger partial charge on any atom is 0.410 e. The third-order valence-electron chi connectivity index (χ3n) is 5.64. The topological polar surface area (TPSA) is 97.1 Å². The van der Waals surface area contributed by atoms with E-state index >= 15 is 0 Å². The van der Waals surface area contributed by atoms with Gasteiger partial charge >= 0.3 is 12.1 Å². The molecule has 9 heteroatoms. The van der Waals surface area contributed by atoms with Gasteiger partial charge in [-0.1, -0.05) is 0 Å². The number of imidazole rings is 1. The summed E-state index contributed by atoms with van der Waals surface area (Å²) in [7, 11) is 0. The zero-order valence-corrected chi connectivity index (χ0v) is 18.3. The fourth-order valence-corrected chi connectivity index (χ4v) is 3.88. The van der Waals surface area contributed by atoms with E-state index in [4.69, 9.17) is 14.5 Å². The van der Waals surface area contributed by atoms with E-state index in [9.17, 15) is 14.7 Å². The molecule has 0 unspecified atom stereocenters. The van der Waals surface area contributed by atoms with E-state index in [-0.39, 0.29) is 17.8 Å². The Hall–Kier alpha value is -2.65. The molecule has 0 saturated carbocycles. The average molecular weight is 431 g/mol. The Balaban J connectivity index is 1.48. The Morgan fingerprint density at radius 1 is 1.23 bits per heavy atom. The second kappa shape index (κ2) is 8.47. The lowest BCUT2D eigenvalue weighted by molar-refractivity contribution is -0.0592. The molecule has 0 spiro atoms. The van der Waals surface area contributed by atoms with Gasteiger partial charge in [0.2, 0.25) is 0 Å². The van der Waals surface area contributed by atoms with Crippen LogP contribution < -0.4 is 0 Å². The second-order valence-electron chi connectivity index (χ2n) is 9.17. The number of fused-ring (bicyclic) bond motifs is 1. The number of nitrogens with zero attached hydrogens (tertiary/aromatic N) is 4. The van der Waals surface area contributed by atoms with Gasteiger partial charge in [0.1, 0.15) is 11.4 Å². The molecule has 1 amide bonds. The molecule has 168 valence electrons. The molecular weight excluding hydrogens is 400 g/mol. The van der Waals surface area contributed by atoms with Crippen molar-refractivity contribution in [2.75, 3.05) is 32.8 Å². The van der Waals surface area contributed by atoms with Crippen molar-refractivity contribution in [1.29, 1.82) is 0 Å². The van der Waals surface area contributed by atoms with Gasteiger partial charge in [-0.05, 0) is 45.4 Å². The molecule has 1 atom stereocenters. The number of hydrogen-bond donors (Lipinski definition) is 1. The number of piperazine rings is 1. The number of aromatic carboxylic acids is 1. The second-order valence-corrected chi connectivity index (χ2v) is 9.17. The number of ether oxygens (including phenoxy) is 2. The molecule has 1 N–H and O–H groups in total. The first-order valence-electron chi connectivity index (χ1n) is 10.7. The van der Waals surface area contributed by atoms with Crippen LogP contribution in [0.2, 0.25) is 0 Å². The van der Waals surface area contributed by atoms with E-state index in [1.807, 2.05) is 20.8 Å². The lowest BCUT2D eigenvalue weighted by Gasteiger charge is -2.35. The monoisotopic (exact) mass is 430 g/mol. The standard InChI is InChI=1S/C22H30N4O5/c1-22(2,3)31-21(29)25-9-7-24(8-10-25)14-19-23-17-5-4-15(20(27)28)12-18(17)26(19)13-16-6-11-30-16/h4-5,12,16H,6-11,13-14H2,1-3H3,(H,27,28)/t16-/m0/s1. The number of carboxylic acid groups (broad SMARTS) is 1. The molecule has 0 aliphatic carbocycles. The van der Waals surface area contributed by atoms with E-state index in [1.165, 1.54) is 0 Å². The normalized spacial score (nSPS) is 20.0. The third kappa shape index (κ3) is 4.99. The highest BCUT2D eigenvalue weighted by molar-refractivity contribution is 5.92. The minimum absolute atomic E-state index is 0.133. The van der Waals surface area contributed by atoms with Gasteiger partial charge in [0.25, 0.3) is 0 Å². The summed E-state index contributed by atoms with van der Waals surface area (Å²) in [5.41, 5.74) is 1.35. The molecule has 2 saturated heterocycles. The van der Waals surface area contributed by atoms with Crippen molar-refractivity contribution in [3.05, 3.63) is 29.6 Å². The predicted molar refractivity (Wildman–Crippen MR) is 114 cm³/mol. The van der Waals surface area contributed by atoms with Gasteiger partial charge < -0.3 is 24.0 Å². The zero-order chi connectivity index (χ0) is 22.2. The number of carbonyl (C=O) groups is 2. The van der Waals surface area contributed by atoms with Crippen LogP contribution in [0.4, 0.5) is 4.79 Å². The van der Waals surface area contributed by atoms with Crippen molar-refractivity contribution in [3.8, 4) is 0 Å². The minimum Gasteiger partial charge on any atom is -0.478 e. The first kappa shape index (κ1) is 21.6. The molecule has 2 aliphatic rings. The third-order valence-corrected chi connectivity index (χ3v) is 5.64. The van der Waals surface area contributed by atoms with Gasteiger partial charge in [-0.2, -0.15) is 0 Å². The molecule has 2 fully saturated rings. The molecule has 1 aromatic carbocycles. The predicted octanol–water partition coefficient (Wildman–Crippen LogP) is 2.58. The van der Waals surface area contributed by atoms with Crippen molar-refractivity contribution in [2.24, 2.45) is 0 Å². The largest absolute Gasteiger partial charge is 0.478 e. The molecular formula is C22H30N4O5. The molecule has 2 aliphatic heterocycles. The van der Waals surface area contributed by atoms with E-state index in [0.717, 1.165) is 43.0 Å². The molecule has 2 aromatic rings. The molecule has 0 bridgehead atoms. The Labute approximate surface area is 181 Å². The first-order chi connectivity index (χ1) is 14.7. The van der Waals surface area contributed by atoms with Crippen molar-refractivity contribution in [1.82, 2.24) is 19.4 Å². The summed E-state index contributed by atoms with van der Waals surface area (Å²) in [5, 5.41) is 9.38. The van der Waals surface area contributed by atoms with Gasteiger partial charge in [-0.3, -0.25) is 4.90 Å². The quantitative estimate of drug-likeness (QED) is 0.779. The summed E-state index contributed by atoms with van der Waals surface area (Å²) >= 11 is 0. The van der Waals surface area contributed by atoms with Crippen molar-refractivity contribution in [2.45, 2.75) is 52.0 Å². The highest BCUT2D eigenvalue weighted by Crippen LogP contribution is 2.23. The summed E-state index contributed by atoms with van der Waals surface area (Å²) in [5.74, 6) is -0.0619. The first-order valence-corrected chi connectivity index (χ1v) is 10.7. The minimum atomic E-state index is -0.950. The van der Waals surface area contributed by atoms with E-state index in [0.29, 0.717) is 26.2 Å². The van der Waals surface area contributed by atoms with Crippen LogP contribution in [-0.4, -0.2) is 81.0 Å². The number of amides is 1. The number of hydrogen-bond acceptors (Lipinski definition) is 6. The fourth-order valence-electron chi connectivity index (χ4n) is 3.88. The summed E-state index contributed by atoms with van der Waals surface area (Å²) in [6.07, 6.45) is 0.850. The van der Waals surface area contributed by atoms with Gasteiger partial charge in [0, 0.05) is 32.8 Å². The maximum atomic E-state index is 12.3. The molecule has 0 radical (unpaired) electrons. The van der Waals surface area contributed by atoms with Gasteiger partial charge in [-0.25, -0.2) is 14.6 Å². The lowest BCUT2D eigenvalue weighted by atomic mass is 10.1. The van der Waals surface area contributed by atoms with Crippen LogP contribution >= 0.6 is 0 Å². The zero-order valence-electron chi connectivity index (χ0n) is 18.3. The number of carboxylic acids is 1. The summed E-state index contributed by atoms with van der Waals surface area (Å²) in [6.45, 7) is 10.3. The van der Waals surface area contributed by atoms with E-state index < -0.39 is 11.6 Å². The van der Waals surface area contributed by atoms with Crippen LogP contribution in [0.15, 0.2) is 18.2 Å². The lowest BCUT2D eigenvalue weighted by Crippen LogP contribution is -2.49. The number of carbonyl (C=O) groups excluding carboxylic acids is 1. The van der Waals surface area contributed by atoms with Crippen LogP contribution in [-0.2, 0) is 22.6 Å². The summed E-state index contributed by atoms with van der Waals surface area (Å²) in [4.78, 5) is 32.5. The molecule has 1 aromatic heterocycles. The molecule has 31 heavy (non-hydrogen) atoms. The van der Waals surface area contributed by atoms with E-state index in [2.05, 4.69) is 9.47 Å². The van der Waals surface area contributed by atoms with Crippen LogP contribution in [0.3, 0.4) is 0 Å². The van der Waals surface area contributed by atoms with Crippen molar-refractivity contribution >= 4 is 23.1 Å². The Kier molecular flexibility index (Phi) is 5.90. The Morgan fingerprint density at radius 2 is 1.94 bits per heavy atom. The SMILES string of the molecule is CC(C)(C)OC(=O)N1CCN(Cc2nc3ccc(C(=O)O)cc3n2C[C@@H]2CCO2)CC1. The highest BCUT2D eigenvalue weighted by Gasteiger charge is 2.28. The summed E-state index contributed by atoms with van der Waals surface area (Å²) in [6, 6.07) is 5.04. The smallest absolute Gasteiger partial charge is 0.410 e. The van der Waals surface area contributed by atoms with Crippen molar-refractivity contribution < 1.29 is 24.2 Å². The number of benzene rings is 1. The van der Waals surface area contributed by atoms with Crippen LogP contribution in [0, 0.1) is 0 Å². The Morgan fingerprint density at radius 3 is 2.52 bits per heavy atom.